The zero-order valence-corrected chi connectivity index (χ0v) is 18.3. The molecule has 0 aromatic carbocycles. The number of rotatable bonds is 4. The molecule has 0 fully saturated rings. The van der Waals surface area contributed by atoms with Gasteiger partial charge < -0.3 is 10.6 Å². The van der Waals surface area contributed by atoms with Crippen LogP contribution in [-0.4, -0.2) is 32.8 Å². The number of halogens is 1. The Bertz CT molecular complexity index is 697. The molecule has 6 nitrogen and oxygen atoms in total. The van der Waals surface area contributed by atoms with E-state index >= 15 is 0 Å². The summed E-state index contributed by atoms with van der Waals surface area (Å²) in [6.45, 7) is 13.8. The Morgan fingerprint density at radius 3 is 2.44 bits per heavy atom. The van der Waals surface area contributed by atoms with E-state index in [1.54, 1.807) is 0 Å². The minimum atomic E-state index is -0.0292. The number of nitrogens with zero attached hydrogens (tertiary/aromatic N) is 4. The van der Waals surface area contributed by atoms with Crippen molar-refractivity contribution in [3.63, 3.8) is 0 Å². The molecule has 0 bridgehead atoms. The minimum absolute atomic E-state index is 0. The first-order valence-electron chi connectivity index (χ1n) is 8.33. The Balaban J connectivity index is 0.00000312. The predicted molar refractivity (Wildman–Crippen MR) is 114 cm³/mol. The molecule has 2 N–H and O–H groups in total. The third kappa shape index (κ3) is 6.64. The van der Waals surface area contributed by atoms with Gasteiger partial charge in [-0.05, 0) is 59.2 Å². The van der Waals surface area contributed by atoms with Gasteiger partial charge in [0.05, 0.1) is 12.2 Å². The van der Waals surface area contributed by atoms with E-state index in [0.29, 0.717) is 6.54 Å². The quantitative estimate of drug-likeness (QED) is 0.421. The van der Waals surface area contributed by atoms with E-state index < -0.39 is 0 Å². The molecule has 0 atom stereocenters. The third-order valence-electron chi connectivity index (χ3n) is 3.29. The van der Waals surface area contributed by atoms with Gasteiger partial charge in [-0.3, -0.25) is 0 Å². The van der Waals surface area contributed by atoms with Gasteiger partial charge in [-0.1, -0.05) is 6.07 Å². The van der Waals surface area contributed by atoms with Crippen molar-refractivity contribution >= 4 is 29.9 Å². The molecule has 0 unspecified atom stereocenters. The van der Waals surface area contributed by atoms with Crippen LogP contribution in [0.2, 0.25) is 0 Å². The number of aryl methyl sites for hydroxylation is 2. The Morgan fingerprint density at radius 1 is 1.24 bits per heavy atom. The maximum Gasteiger partial charge on any atom is 0.191 e. The molecular weight excluding hydrogens is 427 g/mol. The Kier molecular flexibility index (Phi) is 7.85. The van der Waals surface area contributed by atoms with Crippen LogP contribution >= 0.6 is 24.0 Å². The van der Waals surface area contributed by atoms with E-state index in [9.17, 15) is 0 Å². The van der Waals surface area contributed by atoms with E-state index in [2.05, 4.69) is 53.4 Å². The second kappa shape index (κ2) is 9.17. The van der Waals surface area contributed by atoms with Gasteiger partial charge in [-0.2, -0.15) is 5.10 Å². The smallest absolute Gasteiger partial charge is 0.191 e. The summed E-state index contributed by atoms with van der Waals surface area (Å²) in [6.07, 6.45) is 1.86. The molecule has 2 aromatic heterocycles. The van der Waals surface area contributed by atoms with E-state index in [-0.39, 0.29) is 29.5 Å². The molecule has 0 spiro atoms. The summed E-state index contributed by atoms with van der Waals surface area (Å²) in [5.41, 5.74) is 3.10. The molecule has 7 heteroatoms. The lowest BCUT2D eigenvalue weighted by Crippen LogP contribution is -2.47. The number of nitrogens with one attached hydrogen (secondary N) is 2. The number of hydrogen-bond donors (Lipinski definition) is 2. The van der Waals surface area contributed by atoms with Crippen LogP contribution in [0.4, 0.5) is 0 Å². The topological polar surface area (TPSA) is 67.1 Å². The van der Waals surface area contributed by atoms with Crippen molar-refractivity contribution in [3.05, 3.63) is 41.3 Å². The molecule has 0 aliphatic rings. The van der Waals surface area contributed by atoms with E-state index in [0.717, 1.165) is 35.3 Å². The summed E-state index contributed by atoms with van der Waals surface area (Å²) in [7, 11) is 0. The molecule has 0 saturated heterocycles. The molecule has 2 aromatic rings. The molecule has 138 valence electrons. The highest BCUT2D eigenvalue weighted by Crippen LogP contribution is 2.10. The van der Waals surface area contributed by atoms with Crippen LogP contribution in [0.3, 0.4) is 0 Å². The molecule has 0 aliphatic heterocycles. The van der Waals surface area contributed by atoms with Gasteiger partial charge >= 0.3 is 0 Å². The van der Waals surface area contributed by atoms with E-state index in [4.69, 9.17) is 0 Å². The first-order chi connectivity index (χ1) is 11.3. The summed E-state index contributed by atoms with van der Waals surface area (Å²) in [5, 5.41) is 11.1. The lowest BCUT2D eigenvalue weighted by molar-refractivity contribution is 0.501. The summed E-state index contributed by atoms with van der Waals surface area (Å²) in [4.78, 5) is 9.14. The average molecular weight is 456 g/mol. The highest BCUT2D eigenvalue weighted by atomic mass is 127. The zero-order valence-electron chi connectivity index (χ0n) is 15.9. The molecule has 0 aliphatic carbocycles. The predicted octanol–water partition coefficient (Wildman–Crippen LogP) is 3.36. The Labute approximate surface area is 167 Å². The van der Waals surface area contributed by atoms with Crippen molar-refractivity contribution in [2.45, 2.75) is 53.6 Å². The van der Waals surface area contributed by atoms with Crippen LogP contribution in [0, 0.1) is 13.8 Å². The maximum atomic E-state index is 4.63. The average Bonchev–Trinajstić information content (AvgIpc) is 2.83. The van der Waals surface area contributed by atoms with Crippen molar-refractivity contribution in [1.82, 2.24) is 25.4 Å². The summed E-state index contributed by atoms with van der Waals surface area (Å²) in [6, 6.07) is 6.07. The van der Waals surface area contributed by atoms with Crippen molar-refractivity contribution in [1.29, 1.82) is 0 Å². The van der Waals surface area contributed by atoms with E-state index in [1.807, 2.05) is 42.9 Å². The Hall–Kier alpha value is -1.64. The fraction of sp³-hybridized carbons (Fsp3) is 0.500. The number of hydrogen-bond acceptors (Lipinski definition) is 3. The van der Waals surface area contributed by atoms with Crippen molar-refractivity contribution in [2.24, 2.45) is 4.99 Å². The van der Waals surface area contributed by atoms with Gasteiger partial charge in [0.1, 0.15) is 0 Å². The van der Waals surface area contributed by atoms with Gasteiger partial charge in [-0.15, -0.1) is 24.0 Å². The fourth-order valence-electron chi connectivity index (χ4n) is 2.33. The highest BCUT2D eigenvalue weighted by Gasteiger charge is 2.11. The normalized spacial score (nSPS) is 11.8. The highest BCUT2D eigenvalue weighted by molar-refractivity contribution is 14.0. The van der Waals surface area contributed by atoms with Crippen LogP contribution < -0.4 is 10.6 Å². The van der Waals surface area contributed by atoms with Crippen LogP contribution in [0.15, 0.2) is 29.4 Å². The molecule has 0 amide bonds. The largest absolute Gasteiger partial charge is 0.357 e. The lowest BCUT2D eigenvalue weighted by Gasteiger charge is -2.23. The van der Waals surface area contributed by atoms with Gasteiger partial charge in [0.15, 0.2) is 11.8 Å². The van der Waals surface area contributed by atoms with Crippen LogP contribution in [0.25, 0.3) is 5.82 Å². The zero-order chi connectivity index (χ0) is 17.7. The van der Waals surface area contributed by atoms with Gasteiger partial charge in [0, 0.05) is 24.0 Å². The molecule has 25 heavy (non-hydrogen) atoms. The second-order valence-corrected chi connectivity index (χ2v) is 6.93. The van der Waals surface area contributed by atoms with Gasteiger partial charge in [0.2, 0.25) is 0 Å². The van der Waals surface area contributed by atoms with Crippen molar-refractivity contribution in [3.8, 4) is 5.82 Å². The third-order valence-corrected chi connectivity index (χ3v) is 3.29. The molecule has 0 saturated carbocycles. The standard InChI is InChI=1S/C18H28N6.HI/c1-7-19-17(22-18(4,5)6)21-12-15-8-9-16(20-11-15)24-14(3)10-13(2)23-24;/h8-11H,7,12H2,1-6H3,(H2,19,21,22);1H. The van der Waals surface area contributed by atoms with Crippen molar-refractivity contribution in [2.75, 3.05) is 6.54 Å². The monoisotopic (exact) mass is 456 g/mol. The van der Waals surface area contributed by atoms with Gasteiger partial charge in [-0.25, -0.2) is 14.7 Å². The first kappa shape index (κ1) is 21.4. The number of guanidine groups is 1. The van der Waals surface area contributed by atoms with Crippen LogP contribution in [-0.2, 0) is 6.54 Å². The molecule has 0 radical (unpaired) electrons. The minimum Gasteiger partial charge on any atom is -0.357 e. The number of aromatic nitrogens is 3. The summed E-state index contributed by atoms with van der Waals surface area (Å²) >= 11 is 0. The SMILES string of the molecule is CCNC(=NCc1ccc(-n2nc(C)cc2C)nc1)NC(C)(C)C.I. The van der Waals surface area contributed by atoms with Crippen LogP contribution in [0.5, 0.6) is 0 Å². The second-order valence-electron chi connectivity index (χ2n) is 6.93. The maximum absolute atomic E-state index is 4.63. The number of pyridine rings is 1. The van der Waals surface area contributed by atoms with Crippen molar-refractivity contribution < 1.29 is 0 Å². The Morgan fingerprint density at radius 2 is 1.96 bits per heavy atom. The lowest BCUT2D eigenvalue weighted by atomic mass is 10.1. The first-order valence-corrected chi connectivity index (χ1v) is 8.33. The molecule has 2 rings (SSSR count). The molecular formula is C18H29IN6. The molecule has 2 heterocycles. The summed E-state index contributed by atoms with van der Waals surface area (Å²) < 4.78 is 1.85. The van der Waals surface area contributed by atoms with Gasteiger partial charge in [0.25, 0.3) is 0 Å². The summed E-state index contributed by atoms with van der Waals surface area (Å²) in [5.74, 6) is 1.64. The fourth-order valence-corrected chi connectivity index (χ4v) is 2.33. The van der Waals surface area contributed by atoms with Crippen LogP contribution in [0.1, 0.15) is 44.6 Å². The number of aliphatic imine (C=N–C) groups is 1. The van der Waals surface area contributed by atoms with E-state index in [1.165, 1.54) is 0 Å².